The summed E-state index contributed by atoms with van der Waals surface area (Å²) < 4.78 is 0. The number of aliphatic carboxylic acids is 1. The van der Waals surface area contributed by atoms with Gasteiger partial charge in [-0.3, -0.25) is 4.79 Å². The number of carboxylic acids is 1. The number of hydrogen-bond donors (Lipinski definition) is 3. The van der Waals surface area contributed by atoms with Crippen LogP contribution < -0.4 is 0 Å². The SMILES string of the molecule is CC[C@H]1C(O)C2C3CC[C@H]([C@H](C)CC[14C](=O)O)[C@@]3(C)CCC2[C@@]2(C)CC[C@@H](O)C[C@@H]12. The largest absolute Gasteiger partial charge is 0.481 e. The molecule has 3 N–H and O–H groups in total. The van der Waals surface area contributed by atoms with Crippen LogP contribution in [0, 0.1) is 52.3 Å². The average Bonchev–Trinajstić information content (AvgIpc) is 3.05. The predicted molar refractivity (Wildman–Crippen MR) is 118 cm³/mol. The van der Waals surface area contributed by atoms with Gasteiger partial charge in [0.2, 0.25) is 0 Å². The van der Waals surface area contributed by atoms with E-state index in [0.29, 0.717) is 41.4 Å². The molecule has 0 radical (unpaired) electrons. The van der Waals surface area contributed by atoms with E-state index in [1.807, 2.05) is 0 Å². The van der Waals surface area contributed by atoms with Gasteiger partial charge in [0.1, 0.15) is 0 Å². The van der Waals surface area contributed by atoms with Crippen molar-refractivity contribution in [2.24, 2.45) is 52.3 Å². The predicted octanol–water partition coefficient (Wildman–Crippen LogP) is 5.11. The van der Waals surface area contributed by atoms with Crippen LogP contribution in [0.15, 0.2) is 0 Å². The van der Waals surface area contributed by atoms with Crippen LogP contribution in [-0.2, 0) is 4.79 Å². The Labute approximate surface area is 182 Å². The Morgan fingerprint density at radius 2 is 1.67 bits per heavy atom. The molecule has 4 rings (SSSR count). The Balaban J connectivity index is 1.61. The Bertz CT molecular complexity index is 649. The van der Waals surface area contributed by atoms with Gasteiger partial charge in [-0.1, -0.05) is 34.1 Å². The third-order valence-corrected chi connectivity index (χ3v) is 11.0. The second kappa shape index (κ2) is 8.06. The summed E-state index contributed by atoms with van der Waals surface area (Å²) >= 11 is 0. The number of hydrogen-bond acceptors (Lipinski definition) is 3. The van der Waals surface area contributed by atoms with Crippen LogP contribution in [0.25, 0.3) is 0 Å². The van der Waals surface area contributed by atoms with Gasteiger partial charge < -0.3 is 15.3 Å². The minimum Gasteiger partial charge on any atom is -0.481 e. The van der Waals surface area contributed by atoms with Crippen molar-refractivity contribution in [3.63, 3.8) is 0 Å². The first-order valence-corrected chi connectivity index (χ1v) is 12.7. The molecule has 4 aliphatic rings. The number of carboxylic acid groups (broad SMARTS) is 1. The third kappa shape index (κ3) is 3.36. The van der Waals surface area contributed by atoms with E-state index in [9.17, 15) is 15.0 Å². The van der Waals surface area contributed by atoms with Gasteiger partial charge >= 0.3 is 5.97 Å². The van der Waals surface area contributed by atoms with Gasteiger partial charge in [-0.05, 0) is 104 Å². The minimum atomic E-state index is -0.683. The van der Waals surface area contributed by atoms with Gasteiger partial charge in [-0.15, -0.1) is 0 Å². The zero-order chi connectivity index (χ0) is 21.8. The molecule has 4 unspecified atom stereocenters. The lowest BCUT2D eigenvalue weighted by atomic mass is 9.41. The van der Waals surface area contributed by atoms with E-state index >= 15 is 0 Å². The van der Waals surface area contributed by atoms with Gasteiger partial charge in [0.25, 0.3) is 0 Å². The van der Waals surface area contributed by atoms with Crippen LogP contribution in [-0.4, -0.2) is 33.5 Å². The average molecular weight is 423 g/mol. The Kier molecular flexibility index (Phi) is 6.07. The van der Waals surface area contributed by atoms with E-state index in [-0.39, 0.29) is 29.5 Å². The summed E-state index contributed by atoms with van der Waals surface area (Å²) in [6.07, 6.45) is 9.27. The van der Waals surface area contributed by atoms with Crippen molar-refractivity contribution < 1.29 is 20.1 Å². The van der Waals surface area contributed by atoms with Gasteiger partial charge in [-0.2, -0.15) is 0 Å². The molecule has 4 heteroatoms. The molecule has 0 saturated heterocycles. The highest BCUT2D eigenvalue weighted by atomic mass is 16.6. The van der Waals surface area contributed by atoms with Gasteiger partial charge in [0.05, 0.1) is 12.2 Å². The summed E-state index contributed by atoms with van der Waals surface area (Å²) in [6.45, 7) is 9.44. The molecule has 0 amide bonds. The highest BCUT2D eigenvalue weighted by Gasteiger charge is 2.64. The summed E-state index contributed by atoms with van der Waals surface area (Å²) in [5.74, 6) is 2.58. The molecule has 11 atom stereocenters. The Morgan fingerprint density at radius 1 is 1.00 bits per heavy atom. The summed E-state index contributed by atoms with van der Waals surface area (Å²) in [5.41, 5.74) is 0.480. The second-order valence-corrected chi connectivity index (χ2v) is 12.0. The maximum Gasteiger partial charge on any atom is 0.303 e. The number of aliphatic hydroxyl groups excluding tert-OH is 2. The molecule has 0 aliphatic heterocycles. The molecule has 30 heavy (non-hydrogen) atoms. The molecule has 172 valence electrons. The van der Waals surface area contributed by atoms with Crippen LogP contribution in [0.4, 0.5) is 0 Å². The first kappa shape index (κ1) is 22.6. The molecule has 4 nitrogen and oxygen atoms in total. The van der Waals surface area contributed by atoms with Crippen molar-refractivity contribution in [2.75, 3.05) is 0 Å². The maximum atomic E-state index is 11.7. The molecule has 0 aromatic heterocycles. The molecule has 0 aromatic rings. The molecular formula is C26H44O4. The summed E-state index contributed by atoms with van der Waals surface area (Å²) in [5, 5.41) is 31.3. The number of aliphatic hydroxyl groups is 2. The van der Waals surface area contributed by atoms with Crippen LogP contribution in [0.2, 0.25) is 0 Å². The Hall–Kier alpha value is -0.610. The highest BCUT2D eigenvalue weighted by Crippen LogP contribution is 2.69. The zero-order valence-corrected chi connectivity index (χ0v) is 19.5. The number of carbonyl (C=O) groups is 1. The van der Waals surface area contributed by atoms with Crippen LogP contribution >= 0.6 is 0 Å². The smallest absolute Gasteiger partial charge is 0.303 e. The highest BCUT2D eigenvalue weighted by molar-refractivity contribution is 5.66. The first-order valence-electron chi connectivity index (χ1n) is 12.7. The van der Waals surface area contributed by atoms with Crippen LogP contribution in [0.1, 0.15) is 91.9 Å². The molecular weight excluding hydrogens is 378 g/mol. The molecule has 0 aromatic carbocycles. The van der Waals surface area contributed by atoms with E-state index in [2.05, 4.69) is 27.7 Å². The van der Waals surface area contributed by atoms with Crippen LogP contribution in [0.3, 0.4) is 0 Å². The molecule has 0 bridgehead atoms. The van der Waals surface area contributed by atoms with Crippen molar-refractivity contribution in [1.29, 1.82) is 0 Å². The molecule has 0 heterocycles. The van der Waals surface area contributed by atoms with E-state index in [0.717, 1.165) is 32.1 Å². The van der Waals surface area contributed by atoms with Crippen molar-refractivity contribution >= 4 is 5.97 Å². The lowest BCUT2D eigenvalue weighted by molar-refractivity contribution is -0.203. The molecule has 0 spiro atoms. The topological polar surface area (TPSA) is 77.8 Å². The zero-order valence-electron chi connectivity index (χ0n) is 19.5. The van der Waals surface area contributed by atoms with E-state index < -0.39 is 5.97 Å². The lowest BCUT2D eigenvalue weighted by Gasteiger charge is -2.64. The van der Waals surface area contributed by atoms with E-state index in [1.54, 1.807) is 0 Å². The maximum absolute atomic E-state index is 11.7. The summed E-state index contributed by atoms with van der Waals surface area (Å²) in [7, 11) is 0. The van der Waals surface area contributed by atoms with Gasteiger partial charge in [0.15, 0.2) is 0 Å². The quantitative estimate of drug-likeness (QED) is 0.575. The molecule has 4 aliphatic carbocycles. The number of rotatable bonds is 5. The molecule has 4 fully saturated rings. The summed E-state index contributed by atoms with van der Waals surface area (Å²) in [4.78, 5) is 11.1. The van der Waals surface area contributed by atoms with Gasteiger partial charge in [0, 0.05) is 6.42 Å². The standard InChI is InChI=1S/C26H44O4/c1-5-17-21-14-16(27)10-12-26(21,4)20-11-13-25(3)18(15(2)6-9-22(28)29)7-8-19(25)23(20)24(17)30/h15-21,23-24,27,30H,5-14H2,1-4H3,(H,28,29)/t15-,16-,17-,18-,19?,20?,21+,23?,24?,25-,26-/m1/s1/i22+2. The van der Waals surface area contributed by atoms with E-state index in [1.165, 1.54) is 25.7 Å². The van der Waals surface area contributed by atoms with Crippen molar-refractivity contribution in [3.05, 3.63) is 0 Å². The monoisotopic (exact) mass is 422 g/mol. The third-order valence-electron chi connectivity index (χ3n) is 11.0. The lowest BCUT2D eigenvalue weighted by Crippen LogP contribution is -2.62. The van der Waals surface area contributed by atoms with Gasteiger partial charge in [-0.25, -0.2) is 0 Å². The van der Waals surface area contributed by atoms with Crippen LogP contribution in [0.5, 0.6) is 0 Å². The second-order valence-electron chi connectivity index (χ2n) is 12.0. The van der Waals surface area contributed by atoms with Crippen molar-refractivity contribution in [1.82, 2.24) is 0 Å². The molecule has 4 saturated carbocycles. The Morgan fingerprint density at radius 3 is 2.33 bits per heavy atom. The van der Waals surface area contributed by atoms with Crippen molar-refractivity contribution in [2.45, 2.75) is 104 Å². The fourth-order valence-electron chi connectivity index (χ4n) is 9.48. The normalized spacial score (nSPS) is 51.5. The minimum absolute atomic E-state index is 0.194. The van der Waals surface area contributed by atoms with E-state index in [4.69, 9.17) is 5.11 Å². The fourth-order valence-corrected chi connectivity index (χ4v) is 9.48. The first-order chi connectivity index (χ1) is 14.1. The summed E-state index contributed by atoms with van der Waals surface area (Å²) in [6, 6.07) is 0. The van der Waals surface area contributed by atoms with Crippen molar-refractivity contribution in [3.8, 4) is 0 Å². The number of fused-ring (bicyclic) bond motifs is 5. The fraction of sp³-hybridized carbons (Fsp3) is 0.962.